The van der Waals surface area contributed by atoms with Gasteiger partial charge in [0.25, 0.3) is 0 Å². The van der Waals surface area contributed by atoms with Crippen LogP contribution >= 0.6 is 0 Å². The molecule has 450 valence electrons. The number of hydrogen-bond donors (Lipinski definition) is 0. The number of rotatable bonds is 11. The van der Waals surface area contributed by atoms with Crippen LogP contribution in [0.5, 0.6) is 0 Å². The van der Waals surface area contributed by atoms with Crippen LogP contribution in [0.2, 0.25) is 0 Å². The van der Waals surface area contributed by atoms with E-state index in [2.05, 4.69) is 239 Å². The Balaban J connectivity index is 0.860. The van der Waals surface area contributed by atoms with E-state index in [1.807, 2.05) is 43.4 Å². The molecule has 0 amide bonds. The van der Waals surface area contributed by atoms with Gasteiger partial charge >= 0.3 is 0 Å². The maximum absolute atomic E-state index is 11.7. The van der Waals surface area contributed by atoms with Crippen molar-refractivity contribution in [3.05, 3.63) is 268 Å². The van der Waals surface area contributed by atoms with Gasteiger partial charge < -0.3 is 27.1 Å². The number of furan rings is 2. The molecule has 0 saturated carbocycles. The van der Waals surface area contributed by atoms with E-state index in [9.17, 15) is 10.5 Å². The van der Waals surface area contributed by atoms with Gasteiger partial charge in [-0.05, 0) is 165 Å². The minimum absolute atomic E-state index is 0.239. The highest BCUT2D eigenvalue weighted by atomic mass is 16.3. The second kappa shape index (κ2) is 23.0. The molecule has 1 unspecified atom stereocenters. The van der Waals surface area contributed by atoms with E-state index in [1.54, 1.807) is 6.08 Å². The van der Waals surface area contributed by atoms with Gasteiger partial charge in [-0.15, -0.1) is 6.42 Å². The van der Waals surface area contributed by atoms with Crippen LogP contribution in [0.25, 0.3) is 152 Å². The highest BCUT2D eigenvalue weighted by Crippen LogP contribution is 2.49. The number of allylic oxidation sites excluding steroid dienone is 18. The van der Waals surface area contributed by atoms with Crippen LogP contribution in [0.3, 0.4) is 0 Å². The summed E-state index contributed by atoms with van der Waals surface area (Å²) in [5.41, 5.74) is 20.4. The lowest BCUT2D eigenvalue weighted by Gasteiger charge is -2.26. The lowest BCUT2D eigenvalue weighted by atomic mass is 9.91. The number of nitriles is 2. The molecule has 8 nitrogen and oxygen atoms in total. The van der Waals surface area contributed by atoms with Crippen molar-refractivity contribution in [1.82, 2.24) is 18.3 Å². The Morgan fingerprint density at radius 3 is 2.32 bits per heavy atom. The first-order chi connectivity index (χ1) is 46.2. The monoisotopic (exact) mass is 1210 g/mol. The summed E-state index contributed by atoms with van der Waals surface area (Å²) in [5, 5.41) is 32.7. The van der Waals surface area contributed by atoms with Crippen LogP contribution in [0, 0.1) is 41.9 Å². The fraction of sp³-hybridized carbons (Fsp3) is 0.116. The highest BCUT2D eigenvalue weighted by molar-refractivity contribution is 6.21. The molecule has 0 fully saturated rings. The number of benzene rings is 6. The Morgan fingerprint density at radius 2 is 1.51 bits per heavy atom. The largest absolute Gasteiger partial charge is 0.460 e. The van der Waals surface area contributed by atoms with E-state index in [-0.39, 0.29) is 6.42 Å². The molecule has 12 aromatic rings. The molecule has 6 aromatic carbocycles. The van der Waals surface area contributed by atoms with Crippen molar-refractivity contribution < 1.29 is 8.83 Å². The molecular formula is C86H64N6O2. The van der Waals surface area contributed by atoms with Crippen LogP contribution < -0.4 is 10.6 Å². The van der Waals surface area contributed by atoms with Crippen LogP contribution in [0.15, 0.2) is 227 Å². The summed E-state index contributed by atoms with van der Waals surface area (Å²) in [6.45, 7) is 16.1. The predicted molar refractivity (Wildman–Crippen MR) is 392 cm³/mol. The minimum Gasteiger partial charge on any atom is -0.460 e. The molecule has 6 heterocycles. The van der Waals surface area contributed by atoms with Gasteiger partial charge in [0, 0.05) is 102 Å². The number of aromatic nitrogens is 4. The van der Waals surface area contributed by atoms with Crippen LogP contribution in [-0.4, -0.2) is 18.3 Å². The van der Waals surface area contributed by atoms with Crippen molar-refractivity contribution in [2.75, 3.05) is 0 Å². The summed E-state index contributed by atoms with van der Waals surface area (Å²) in [6, 6.07) is 45.7. The van der Waals surface area contributed by atoms with Gasteiger partial charge in [-0.2, -0.15) is 10.5 Å². The second-order valence-corrected chi connectivity index (χ2v) is 24.6. The third-order valence-corrected chi connectivity index (χ3v) is 19.6. The molecule has 0 aliphatic heterocycles. The summed E-state index contributed by atoms with van der Waals surface area (Å²) < 4.78 is 23.0. The zero-order valence-corrected chi connectivity index (χ0v) is 52.7. The Labute approximate surface area is 544 Å². The van der Waals surface area contributed by atoms with Gasteiger partial charge in [0.15, 0.2) is 0 Å². The molecule has 16 rings (SSSR count). The lowest BCUT2D eigenvalue weighted by Crippen LogP contribution is -2.29. The molecular weight excluding hydrogens is 1150 g/mol. The van der Waals surface area contributed by atoms with E-state index in [0.717, 1.165) is 163 Å². The fourth-order valence-corrected chi connectivity index (χ4v) is 15.2. The average molecular weight is 1210 g/mol. The Bertz CT molecular complexity index is 5970. The van der Waals surface area contributed by atoms with E-state index in [4.69, 9.17) is 21.8 Å². The normalized spacial score (nSPS) is 16.0. The van der Waals surface area contributed by atoms with Crippen LogP contribution in [-0.2, 0) is 13.0 Å². The van der Waals surface area contributed by atoms with Gasteiger partial charge in [-0.3, -0.25) is 0 Å². The maximum atomic E-state index is 11.7. The summed E-state index contributed by atoms with van der Waals surface area (Å²) in [7, 11) is 0. The van der Waals surface area contributed by atoms with Crippen molar-refractivity contribution >= 4 is 130 Å². The van der Waals surface area contributed by atoms with Crippen molar-refractivity contribution in [3.8, 4) is 46.9 Å². The second-order valence-electron chi connectivity index (χ2n) is 24.6. The molecule has 4 aliphatic rings. The lowest BCUT2D eigenvalue weighted by molar-refractivity contribution is 0.548. The third-order valence-electron chi connectivity index (χ3n) is 19.6. The first-order valence-electron chi connectivity index (χ1n) is 32.2. The molecule has 8 heteroatoms. The smallest absolute Gasteiger partial charge is 0.144 e. The van der Waals surface area contributed by atoms with Crippen molar-refractivity contribution in [2.45, 2.75) is 65.5 Å². The van der Waals surface area contributed by atoms with E-state index >= 15 is 0 Å². The van der Waals surface area contributed by atoms with Gasteiger partial charge in [-0.25, -0.2) is 0 Å². The number of hydrogen-bond acceptors (Lipinski definition) is 4. The third kappa shape index (κ3) is 8.96. The maximum Gasteiger partial charge on any atom is 0.144 e. The molecule has 6 aromatic heterocycles. The Hall–Kier alpha value is -12.0. The number of fused-ring (bicyclic) bond motifs is 13. The van der Waals surface area contributed by atoms with Crippen molar-refractivity contribution in [2.24, 2.45) is 0 Å². The molecule has 94 heavy (non-hydrogen) atoms. The van der Waals surface area contributed by atoms with Crippen molar-refractivity contribution in [3.63, 3.8) is 0 Å². The van der Waals surface area contributed by atoms with Gasteiger partial charge in [0.05, 0.1) is 73.9 Å². The molecule has 0 bridgehead atoms. The first-order valence-corrected chi connectivity index (χ1v) is 32.2. The van der Waals surface area contributed by atoms with E-state index in [1.165, 1.54) is 22.3 Å². The number of nitrogens with zero attached hydrogens (tertiary/aromatic N) is 6. The molecule has 1 atom stereocenters. The summed E-state index contributed by atoms with van der Waals surface area (Å²) in [4.78, 5) is 0. The number of aryl methyl sites for hydroxylation is 2. The number of para-hydroxylation sites is 2. The Morgan fingerprint density at radius 1 is 0.734 bits per heavy atom. The van der Waals surface area contributed by atoms with E-state index < -0.39 is 6.04 Å². The topological polar surface area (TPSA) is 93.6 Å². The van der Waals surface area contributed by atoms with Crippen LogP contribution in [0.4, 0.5) is 0 Å². The average Bonchev–Trinajstić information content (AvgIpc) is 1.55. The highest BCUT2D eigenvalue weighted by Gasteiger charge is 2.33. The summed E-state index contributed by atoms with van der Waals surface area (Å²) in [5.74, 6) is 4.32. The summed E-state index contributed by atoms with van der Waals surface area (Å²) >= 11 is 0. The number of terminal acetylenes is 1. The quantitative estimate of drug-likeness (QED) is 0.0952. The van der Waals surface area contributed by atoms with Crippen molar-refractivity contribution in [1.29, 1.82) is 10.5 Å². The van der Waals surface area contributed by atoms with Gasteiger partial charge in [0.1, 0.15) is 22.7 Å². The zero-order valence-electron chi connectivity index (χ0n) is 52.7. The van der Waals surface area contributed by atoms with Crippen LogP contribution in [0.1, 0.15) is 85.0 Å². The summed E-state index contributed by atoms with van der Waals surface area (Å²) in [6.07, 6.45) is 47.5. The predicted octanol–water partition coefficient (Wildman–Crippen LogP) is 20.4. The zero-order chi connectivity index (χ0) is 63.9. The fourth-order valence-electron chi connectivity index (χ4n) is 15.2. The van der Waals surface area contributed by atoms with Gasteiger partial charge in [0.2, 0.25) is 0 Å². The first kappa shape index (κ1) is 57.2. The van der Waals surface area contributed by atoms with Gasteiger partial charge in [-0.1, -0.05) is 141 Å². The molecule has 4 aliphatic carbocycles. The molecule has 0 N–H and O–H groups in total. The Kier molecular flexibility index (Phi) is 14.0. The molecule has 0 radical (unpaired) electrons. The minimum atomic E-state index is -0.553. The standard InChI is InChI=1S/C86H64N6O2/c1-7-11-25-55(8-2)52-89-71(9-3)67(63-30-19-22-32-73(63)89)44-53(5)56-36-40-76-69(45-56)83(85-54(6)62-28-20-23-34-81(62)93-85)72(10-4)91(76)79-48-60(51-88)80(49-59(79)50-87)92-77-42-38-58(47-70(77)84-78(92)43-39-66-65-31-21-24-35-82(65)94-86(66)84)57-37-41-75-68(46-57)64-29-17-14-18-33-74(64)90(75)61-26-15-12-13-16-27-61/h1,8-13,15-23,25-26,28-34,36-48,80H,4-5,14,24,27,35,49,52H2,2-3,6H3/b25-11-,55-8+,67-44-,71-9+. The molecule has 0 spiro atoms. The van der Waals surface area contributed by atoms with E-state index in [0.29, 0.717) is 29.1 Å². The SMILES string of the molecule is C#C/C=C\C(=C/C)Cn1c(=C/C)/c(=C\C(=C)c2ccc3c(c2)c(-c2oc4ccccc4c2C)c(C=C)n3C2=C(C#N)CC(n3c4ccc(-c5ccc6c(c5)c5c(n6C6=CC=CC=CC6)C=CCC=C5)cc4c4c5oc6c(c5ccc43)C=CCC6)C(C#N)=C2)c2ccccc21. The molecule has 0 saturated heterocycles.